The molecule has 7 heteroatoms. The van der Waals surface area contributed by atoms with Crippen LogP contribution in [0.5, 0.6) is 0 Å². The molecule has 0 aliphatic carbocycles. The van der Waals surface area contributed by atoms with Crippen molar-refractivity contribution in [1.29, 1.82) is 0 Å². The van der Waals surface area contributed by atoms with Gasteiger partial charge in [-0.1, -0.05) is 12.1 Å². The molecule has 5 nitrogen and oxygen atoms in total. The lowest BCUT2D eigenvalue weighted by molar-refractivity contribution is 0.0605. The monoisotopic (exact) mass is 399 g/mol. The van der Waals surface area contributed by atoms with E-state index in [1.54, 1.807) is 0 Å². The van der Waals surface area contributed by atoms with Crippen molar-refractivity contribution in [3.8, 4) is 0 Å². The highest BCUT2D eigenvalue weighted by Crippen LogP contribution is 2.25. The Morgan fingerprint density at radius 3 is 2.83 bits per heavy atom. The molecule has 1 aliphatic rings. The second kappa shape index (κ2) is 7.03. The molecule has 2 aromatic rings. The summed E-state index contributed by atoms with van der Waals surface area (Å²) in [6.07, 6.45) is 0. The molecule has 0 radical (unpaired) electrons. The number of nitrogens with one attached hydrogen (secondary N) is 2. The lowest BCUT2D eigenvalue weighted by Gasteiger charge is -2.38. The normalized spacial score (nSPS) is 21.1. The number of amides is 1. The van der Waals surface area contributed by atoms with Crippen molar-refractivity contribution in [2.45, 2.75) is 25.9 Å². The molecule has 1 aliphatic heterocycles. The number of piperazine rings is 1. The Balaban J connectivity index is 0.00000192. The third kappa shape index (κ3) is 3.29. The second-order valence-corrected chi connectivity index (χ2v) is 6.55. The van der Waals surface area contributed by atoms with Gasteiger partial charge in [-0.3, -0.25) is 9.59 Å². The van der Waals surface area contributed by atoms with Crippen molar-refractivity contribution >= 4 is 45.1 Å². The van der Waals surface area contributed by atoms with E-state index in [2.05, 4.69) is 33.2 Å². The van der Waals surface area contributed by atoms with Crippen LogP contribution in [0.3, 0.4) is 0 Å². The van der Waals surface area contributed by atoms with Crippen LogP contribution in [0, 0.1) is 0 Å². The molecule has 23 heavy (non-hydrogen) atoms. The maximum Gasteiger partial charge on any atom is 0.255 e. The van der Waals surface area contributed by atoms with Crippen LogP contribution in [0.1, 0.15) is 24.2 Å². The Labute approximate surface area is 149 Å². The number of halogens is 2. The largest absolute Gasteiger partial charge is 0.333 e. The highest BCUT2D eigenvalue weighted by atomic mass is 79.9. The number of hydrogen-bond acceptors (Lipinski definition) is 3. The van der Waals surface area contributed by atoms with Crippen LogP contribution in [-0.2, 0) is 0 Å². The average molecular weight is 401 g/mol. The van der Waals surface area contributed by atoms with Gasteiger partial charge in [0.25, 0.3) is 5.91 Å². The van der Waals surface area contributed by atoms with Crippen molar-refractivity contribution in [2.75, 3.05) is 13.1 Å². The van der Waals surface area contributed by atoms with E-state index in [1.807, 2.05) is 30.0 Å². The Hall–Kier alpha value is -1.37. The number of carbonyl (C=O) groups is 1. The fourth-order valence-corrected chi connectivity index (χ4v) is 3.38. The second-order valence-electron chi connectivity index (χ2n) is 5.69. The molecule has 1 amide bonds. The van der Waals surface area contributed by atoms with Crippen LogP contribution in [0.2, 0.25) is 0 Å². The Bertz CT molecular complexity index is 792. The van der Waals surface area contributed by atoms with Crippen molar-refractivity contribution in [2.24, 2.45) is 0 Å². The van der Waals surface area contributed by atoms with E-state index >= 15 is 0 Å². The standard InChI is InChI=1S/C16H18BrN3O2.ClH/c1-9-10(2)20(7-6-18-9)16(22)12-8-14(21)19-15-11(12)4-3-5-13(15)17;/h3-5,8-10,18H,6-7H2,1-2H3,(H,19,21);1H. The van der Waals surface area contributed by atoms with Crippen LogP contribution in [-0.4, -0.2) is 41.0 Å². The molecule has 1 aromatic carbocycles. The topological polar surface area (TPSA) is 65.2 Å². The highest BCUT2D eigenvalue weighted by molar-refractivity contribution is 9.10. The molecule has 2 N–H and O–H groups in total. The van der Waals surface area contributed by atoms with E-state index in [4.69, 9.17) is 0 Å². The number of rotatable bonds is 1. The maximum atomic E-state index is 13.0. The highest BCUT2D eigenvalue weighted by Gasteiger charge is 2.29. The van der Waals surface area contributed by atoms with Gasteiger partial charge in [0.2, 0.25) is 5.56 Å². The number of aromatic amines is 1. The number of benzene rings is 1. The number of carbonyl (C=O) groups excluding carboxylic acids is 1. The van der Waals surface area contributed by atoms with E-state index < -0.39 is 0 Å². The zero-order chi connectivity index (χ0) is 15.9. The number of pyridine rings is 1. The summed E-state index contributed by atoms with van der Waals surface area (Å²) in [6.45, 7) is 5.51. The molecule has 2 heterocycles. The summed E-state index contributed by atoms with van der Waals surface area (Å²) >= 11 is 3.43. The summed E-state index contributed by atoms with van der Waals surface area (Å²) in [7, 11) is 0. The molecule has 0 bridgehead atoms. The lowest BCUT2D eigenvalue weighted by atomic mass is 10.0. The molecule has 3 rings (SSSR count). The van der Waals surface area contributed by atoms with Gasteiger partial charge in [0, 0.05) is 41.1 Å². The van der Waals surface area contributed by atoms with Crippen molar-refractivity contribution in [3.63, 3.8) is 0 Å². The van der Waals surface area contributed by atoms with Crippen molar-refractivity contribution in [1.82, 2.24) is 15.2 Å². The first kappa shape index (κ1) is 18.0. The van der Waals surface area contributed by atoms with Crippen molar-refractivity contribution in [3.05, 3.63) is 44.7 Å². The molecule has 124 valence electrons. The summed E-state index contributed by atoms with van der Waals surface area (Å²) in [4.78, 5) is 29.5. The summed E-state index contributed by atoms with van der Waals surface area (Å²) < 4.78 is 0.776. The van der Waals surface area contributed by atoms with Gasteiger partial charge in [0.15, 0.2) is 0 Å². The van der Waals surface area contributed by atoms with E-state index in [9.17, 15) is 9.59 Å². The third-order valence-corrected chi connectivity index (χ3v) is 5.01. The number of aromatic nitrogens is 1. The molecular formula is C16H19BrClN3O2. The van der Waals surface area contributed by atoms with Gasteiger partial charge in [0.1, 0.15) is 0 Å². The molecule has 1 aromatic heterocycles. The summed E-state index contributed by atoms with van der Waals surface area (Å²) in [5.74, 6) is -0.0879. The quantitative estimate of drug-likeness (QED) is 0.773. The Morgan fingerprint density at radius 2 is 2.09 bits per heavy atom. The molecular weight excluding hydrogens is 382 g/mol. The number of para-hydroxylation sites is 1. The van der Waals surface area contributed by atoms with Crippen LogP contribution in [0.25, 0.3) is 10.9 Å². The third-order valence-electron chi connectivity index (χ3n) is 4.35. The Kier molecular flexibility index (Phi) is 5.49. The van der Waals surface area contributed by atoms with E-state index in [-0.39, 0.29) is 36.0 Å². The molecule has 1 saturated heterocycles. The lowest BCUT2D eigenvalue weighted by Crippen LogP contribution is -2.57. The first-order valence-corrected chi connectivity index (χ1v) is 8.14. The molecule has 1 fully saturated rings. The van der Waals surface area contributed by atoms with Gasteiger partial charge < -0.3 is 15.2 Å². The number of nitrogens with zero attached hydrogens (tertiary/aromatic N) is 1. The zero-order valence-corrected chi connectivity index (χ0v) is 15.3. The fraction of sp³-hybridized carbons (Fsp3) is 0.375. The first-order valence-electron chi connectivity index (χ1n) is 7.35. The van der Waals surface area contributed by atoms with E-state index in [1.165, 1.54) is 6.07 Å². The number of fused-ring (bicyclic) bond motifs is 1. The van der Waals surface area contributed by atoms with Gasteiger partial charge in [0.05, 0.1) is 11.1 Å². The predicted octanol–water partition coefficient (Wildman–Crippen LogP) is 2.53. The number of hydrogen-bond donors (Lipinski definition) is 2. The Morgan fingerprint density at radius 1 is 1.35 bits per heavy atom. The number of H-pyrrole nitrogens is 1. The molecule has 0 spiro atoms. The minimum Gasteiger partial charge on any atom is -0.333 e. The summed E-state index contributed by atoms with van der Waals surface area (Å²) in [5.41, 5.74) is 0.855. The van der Waals surface area contributed by atoms with Crippen LogP contribution >= 0.6 is 28.3 Å². The summed E-state index contributed by atoms with van der Waals surface area (Å²) in [6, 6.07) is 7.30. The van der Waals surface area contributed by atoms with E-state index in [0.29, 0.717) is 17.6 Å². The minimum atomic E-state index is -0.265. The predicted molar refractivity (Wildman–Crippen MR) is 97.5 cm³/mol. The molecule has 2 atom stereocenters. The smallest absolute Gasteiger partial charge is 0.255 e. The first-order chi connectivity index (χ1) is 10.5. The van der Waals surface area contributed by atoms with Crippen LogP contribution < -0.4 is 10.9 Å². The van der Waals surface area contributed by atoms with Crippen molar-refractivity contribution < 1.29 is 4.79 Å². The van der Waals surface area contributed by atoms with Gasteiger partial charge in [-0.25, -0.2) is 0 Å². The van der Waals surface area contributed by atoms with Gasteiger partial charge in [-0.05, 0) is 35.8 Å². The molecule has 0 saturated carbocycles. The minimum absolute atomic E-state index is 0. The summed E-state index contributed by atoms with van der Waals surface area (Å²) in [5, 5.41) is 4.12. The van der Waals surface area contributed by atoms with Crippen LogP contribution in [0.4, 0.5) is 0 Å². The van der Waals surface area contributed by atoms with Gasteiger partial charge in [-0.2, -0.15) is 0 Å². The fourth-order valence-electron chi connectivity index (χ4n) is 2.92. The van der Waals surface area contributed by atoms with Crippen LogP contribution in [0.15, 0.2) is 33.5 Å². The zero-order valence-electron chi connectivity index (χ0n) is 12.9. The maximum absolute atomic E-state index is 13.0. The van der Waals surface area contributed by atoms with Gasteiger partial charge in [-0.15, -0.1) is 12.4 Å². The molecule has 2 unspecified atom stereocenters. The SMILES string of the molecule is CC1NCCN(C(=O)c2cc(=O)[nH]c3c(Br)cccc23)C1C.Cl. The van der Waals surface area contributed by atoms with E-state index in [0.717, 1.165) is 16.4 Å². The average Bonchev–Trinajstić information content (AvgIpc) is 2.49. The van der Waals surface area contributed by atoms with Gasteiger partial charge >= 0.3 is 0 Å².